The first-order valence-electron chi connectivity index (χ1n) is 5.56. The fourth-order valence-corrected chi connectivity index (χ4v) is 2.31. The molecule has 0 unspecified atom stereocenters. The number of hydrogen-bond acceptors (Lipinski definition) is 3. The van der Waals surface area contributed by atoms with Crippen molar-refractivity contribution in [2.75, 3.05) is 12.8 Å². The molecule has 2 N–H and O–H groups in total. The summed E-state index contributed by atoms with van der Waals surface area (Å²) < 4.78 is 19.4. The summed E-state index contributed by atoms with van der Waals surface area (Å²) in [5.41, 5.74) is 6.89. The number of halogens is 3. The standard InChI is InChI=1S/C14H10Br2FNO2/c1-20-13-6-11(17)10(16)5-8(13)14(19)7-2-3-9(15)12(18)4-7/h2-6H,18H2,1H3. The molecule has 2 rings (SSSR count). The average molecular weight is 403 g/mol. The predicted octanol–water partition coefficient (Wildman–Crippen LogP) is 4.17. The summed E-state index contributed by atoms with van der Waals surface area (Å²) in [7, 11) is 1.38. The summed E-state index contributed by atoms with van der Waals surface area (Å²) >= 11 is 6.33. The summed E-state index contributed by atoms with van der Waals surface area (Å²) in [5, 5.41) is 0. The molecule has 20 heavy (non-hydrogen) atoms. The molecule has 0 aliphatic rings. The van der Waals surface area contributed by atoms with Crippen LogP contribution in [0.2, 0.25) is 0 Å². The zero-order chi connectivity index (χ0) is 14.9. The second-order valence-corrected chi connectivity index (χ2v) is 5.74. The van der Waals surface area contributed by atoms with Crippen LogP contribution in [0.25, 0.3) is 0 Å². The largest absolute Gasteiger partial charge is 0.496 e. The Labute approximate surface area is 132 Å². The van der Waals surface area contributed by atoms with Crippen molar-refractivity contribution in [3.05, 3.63) is 56.2 Å². The van der Waals surface area contributed by atoms with E-state index in [1.807, 2.05) is 0 Å². The van der Waals surface area contributed by atoms with Gasteiger partial charge in [0.05, 0.1) is 17.1 Å². The molecule has 0 fully saturated rings. The number of methoxy groups -OCH3 is 1. The zero-order valence-electron chi connectivity index (χ0n) is 10.4. The van der Waals surface area contributed by atoms with E-state index in [0.717, 1.165) is 0 Å². The van der Waals surface area contributed by atoms with Gasteiger partial charge in [-0.1, -0.05) is 0 Å². The van der Waals surface area contributed by atoms with Crippen LogP contribution in [0, 0.1) is 5.82 Å². The monoisotopic (exact) mass is 401 g/mol. The molecule has 0 aliphatic carbocycles. The van der Waals surface area contributed by atoms with Crippen LogP contribution in [0.5, 0.6) is 5.75 Å². The first-order chi connectivity index (χ1) is 9.43. The quantitative estimate of drug-likeness (QED) is 0.619. The zero-order valence-corrected chi connectivity index (χ0v) is 13.6. The highest BCUT2D eigenvalue weighted by Gasteiger charge is 2.18. The van der Waals surface area contributed by atoms with Crippen LogP contribution in [0.4, 0.5) is 10.1 Å². The normalized spacial score (nSPS) is 10.4. The number of carbonyl (C=O) groups is 1. The van der Waals surface area contributed by atoms with E-state index >= 15 is 0 Å². The van der Waals surface area contributed by atoms with Gasteiger partial charge in [-0.05, 0) is 56.1 Å². The highest BCUT2D eigenvalue weighted by molar-refractivity contribution is 9.10. The highest BCUT2D eigenvalue weighted by Crippen LogP contribution is 2.29. The third-order valence-electron chi connectivity index (χ3n) is 2.75. The van der Waals surface area contributed by atoms with Crippen LogP contribution in [0.3, 0.4) is 0 Å². The molecule has 0 spiro atoms. The molecule has 3 nitrogen and oxygen atoms in total. The van der Waals surface area contributed by atoms with Crippen LogP contribution in [0.15, 0.2) is 39.3 Å². The predicted molar refractivity (Wildman–Crippen MR) is 82.6 cm³/mol. The lowest BCUT2D eigenvalue weighted by molar-refractivity contribution is 0.103. The summed E-state index contributed by atoms with van der Waals surface area (Å²) in [6, 6.07) is 7.45. The van der Waals surface area contributed by atoms with E-state index in [1.54, 1.807) is 18.2 Å². The fraction of sp³-hybridized carbons (Fsp3) is 0.0714. The summed E-state index contributed by atoms with van der Waals surface area (Å²) in [5.74, 6) is -0.604. The van der Waals surface area contributed by atoms with Gasteiger partial charge in [-0.3, -0.25) is 4.79 Å². The molecule has 0 aromatic heterocycles. The van der Waals surface area contributed by atoms with E-state index in [4.69, 9.17) is 10.5 Å². The van der Waals surface area contributed by atoms with E-state index in [2.05, 4.69) is 31.9 Å². The minimum Gasteiger partial charge on any atom is -0.496 e. The second kappa shape index (κ2) is 5.93. The SMILES string of the molecule is COc1cc(F)c(Br)cc1C(=O)c1ccc(Br)c(N)c1. The Balaban J connectivity index is 2.52. The van der Waals surface area contributed by atoms with Crippen molar-refractivity contribution in [3.8, 4) is 5.75 Å². The molecule has 0 saturated carbocycles. The van der Waals surface area contributed by atoms with Crippen molar-refractivity contribution in [1.82, 2.24) is 0 Å². The van der Waals surface area contributed by atoms with E-state index in [0.29, 0.717) is 15.7 Å². The van der Waals surface area contributed by atoms with Crippen molar-refractivity contribution < 1.29 is 13.9 Å². The minimum atomic E-state index is -0.492. The number of nitrogens with two attached hydrogens (primary N) is 1. The van der Waals surface area contributed by atoms with Crippen LogP contribution in [-0.4, -0.2) is 12.9 Å². The highest BCUT2D eigenvalue weighted by atomic mass is 79.9. The molecule has 104 valence electrons. The third-order valence-corrected chi connectivity index (χ3v) is 4.08. The molecular formula is C14H10Br2FNO2. The summed E-state index contributed by atoms with van der Waals surface area (Å²) in [6.45, 7) is 0. The van der Waals surface area contributed by atoms with Crippen molar-refractivity contribution in [2.45, 2.75) is 0 Å². The summed E-state index contributed by atoms with van der Waals surface area (Å²) in [6.07, 6.45) is 0. The smallest absolute Gasteiger partial charge is 0.196 e. The summed E-state index contributed by atoms with van der Waals surface area (Å²) in [4.78, 5) is 12.5. The number of rotatable bonds is 3. The van der Waals surface area contributed by atoms with Gasteiger partial charge in [-0.15, -0.1) is 0 Å². The van der Waals surface area contributed by atoms with Gasteiger partial charge in [0.1, 0.15) is 11.6 Å². The number of benzene rings is 2. The maximum absolute atomic E-state index is 13.5. The second-order valence-electron chi connectivity index (χ2n) is 4.03. The molecule has 2 aromatic rings. The molecular weight excluding hydrogens is 393 g/mol. The van der Waals surface area contributed by atoms with Gasteiger partial charge >= 0.3 is 0 Å². The van der Waals surface area contributed by atoms with E-state index < -0.39 is 5.82 Å². The average Bonchev–Trinajstić information content (AvgIpc) is 2.43. The molecule has 0 bridgehead atoms. The Morgan fingerprint density at radius 3 is 2.50 bits per heavy atom. The molecule has 6 heteroatoms. The lowest BCUT2D eigenvalue weighted by atomic mass is 10.0. The van der Waals surface area contributed by atoms with Gasteiger partial charge in [-0.2, -0.15) is 0 Å². The maximum atomic E-state index is 13.5. The molecule has 2 aromatic carbocycles. The van der Waals surface area contributed by atoms with Crippen LogP contribution in [0.1, 0.15) is 15.9 Å². The van der Waals surface area contributed by atoms with Crippen molar-refractivity contribution in [2.24, 2.45) is 0 Å². The lowest BCUT2D eigenvalue weighted by Crippen LogP contribution is -2.05. The van der Waals surface area contributed by atoms with Crippen LogP contribution >= 0.6 is 31.9 Å². The number of nitrogen functional groups attached to an aromatic ring is 1. The minimum absolute atomic E-state index is 0.178. The van der Waals surface area contributed by atoms with E-state index in [9.17, 15) is 9.18 Å². The van der Waals surface area contributed by atoms with Gasteiger partial charge in [0.25, 0.3) is 0 Å². The van der Waals surface area contributed by atoms with Crippen molar-refractivity contribution in [1.29, 1.82) is 0 Å². The fourth-order valence-electron chi connectivity index (χ4n) is 1.72. The number of hydrogen-bond donors (Lipinski definition) is 1. The number of anilines is 1. The van der Waals surface area contributed by atoms with E-state index in [1.165, 1.54) is 19.2 Å². The first kappa shape index (κ1) is 15.0. The number of ether oxygens (including phenoxy) is 1. The van der Waals surface area contributed by atoms with Gasteiger partial charge in [0.15, 0.2) is 5.78 Å². The van der Waals surface area contributed by atoms with Crippen molar-refractivity contribution >= 4 is 43.3 Å². The topological polar surface area (TPSA) is 52.3 Å². The molecule has 0 heterocycles. The molecule has 0 amide bonds. The third kappa shape index (κ3) is 2.86. The van der Waals surface area contributed by atoms with Gasteiger partial charge in [-0.25, -0.2) is 4.39 Å². The van der Waals surface area contributed by atoms with Crippen molar-refractivity contribution in [3.63, 3.8) is 0 Å². The molecule has 0 aliphatic heterocycles. The number of carbonyl (C=O) groups excluding carboxylic acids is 1. The number of ketones is 1. The van der Waals surface area contributed by atoms with E-state index in [-0.39, 0.29) is 21.6 Å². The Hall–Kier alpha value is -1.40. The first-order valence-corrected chi connectivity index (χ1v) is 7.15. The Morgan fingerprint density at radius 2 is 1.90 bits per heavy atom. The lowest BCUT2D eigenvalue weighted by Gasteiger charge is -2.10. The molecule has 0 saturated heterocycles. The van der Waals surface area contributed by atoms with Crippen LogP contribution < -0.4 is 10.5 Å². The maximum Gasteiger partial charge on any atom is 0.196 e. The molecule has 0 radical (unpaired) electrons. The molecule has 0 atom stereocenters. The Kier molecular flexibility index (Phi) is 4.45. The Morgan fingerprint density at radius 1 is 1.20 bits per heavy atom. The van der Waals surface area contributed by atoms with Crippen LogP contribution in [-0.2, 0) is 0 Å². The van der Waals surface area contributed by atoms with Gasteiger partial charge in [0.2, 0.25) is 0 Å². The van der Waals surface area contributed by atoms with Gasteiger partial charge in [0, 0.05) is 21.8 Å². The van der Waals surface area contributed by atoms with Gasteiger partial charge < -0.3 is 10.5 Å². The Bertz CT molecular complexity index is 689.